The van der Waals surface area contributed by atoms with Gasteiger partial charge in [-0.15, -0.1) is 11.3 Å². The molecule has 0 saturated carbocycles. The van der Waals surface area contributed by atoms with Crippen molar-refractivity contribution >= 4 is 28.9 Å². The summed E-state index contributed by atoms with van der Waals surface area (Å²) in [5.41, 5.74) is 1.62. The van der Waals surface area contributed by atoms with E-state index in [1.807, 2.05) is 23.6 Å². The van der Waals surface area contributed by atoms with Crippen molar-refractivity contribution in [2.24, 2.45) is 0 Å². The zero-order valence-corrected chi connectivity index (χ0v) is 15.8. The number of amides is 2. The van der Waals surface area contributed by atoms with E-state index in [4.69, 9.17) is 4.74 Å². The molecule has 3 rings (SSSR count). The monoisotopic (exact) mass is 386 g/mol. The van der Waals surface area contributed by atoms with Gasteiger partial charge in [-0.3, -0.25) is 14.4 Å². The molecule has 0 unspecified atom stereocenters. The number of rotatable bonds is 9. The van der Waals surface area contributed by atoms with Crippen LogP contribution in [0.25, 0.3) is 0 Å². The van der Waals surface area contributed by atoms with Crippen LogP contribution >= 0.6 is 11.3 Å². The molecule has 142 valence electrons. The molecular weight excluding hydrogens is 364 g/mol. The third-order valence-electron chi connectivity index (χ3n) is 4.30. The van der Waals surface area contributed by atoms with E-state index in [1.165, 1.54) is 11.3 Å². The standard InChI is InChI=1S/C20H22N2O4S/c23-16(17-6-2-13-27-17)7-8-18(24)21-10-3-11-22-20(25)15-5-1-4-14-9-12-26-19(14)15/h1-2,4-6,13H,3,7-12H2,(H,21,24)(H,22,25). The van der Waals surface area contributed by atoms with Crippen molar-refractivity contribution in [3.05, 3.63) is 51.7 Å². The number of hydrogen-bond donors (Lipinski definition) is 2. The zero-order chi connectivity index (χ0) is 19.1. The molecule has 2 aromatic rings. The van der Waals surface area contributed by atoms with E-state index in [1.54, 1.807) is 12.1 Å². The fraction of sp³-hybridized carbons (Fsp3) is 0.350. The van der Waals surface area contributed by atoms with Gasteiger partial charge in [0.05, 0.1) is 17.0 Å². The van der Waals surface area contributed by atoms with E-state index in [2.05, 4.69) is 10.6 Å². The minimum atomic E-state index is -0.165. The molecule has 0 saturated heterocycles. The van der Waals surface area contributed by atoms with Gasteiger partial charge >= 0.3 is 0 Å². The maximum absolute atomic E-state index is 12.3. The lowest BCUT2D eigenvalue weighted by molar-refractivity contribution is -0.121. The Bertz CT molecular complexity index is 817. The summed E-state index contributed by atoms with van der Waals surface area (Å²) in [5.74, 6) is 0.353. The third-order valence-corrected chi connectivity index (χ3v) is 5.21. The fourth-order valence-corrected chi connectivity index (χ4v) is 3.58. The summed E-state index contributed by atoms with van der Waals surface area (Å²) in [7, 11) is 0. The second-order valence-corrected chi connectivity index (χ2v) is 7.20. The maximum Gasteiger partial charge on any atom is 0.255 e. The molecule has 0 atom stereocenters. The topological polar surface area (TPSA) is 84.5 Å². The summed E-state index contributed by atoms with van der Waals surface area (Å²) in [6.07, 6.45) is 1.84. The number of carbonyl (C=O) groups is 3. The maximum atomic E-state index is 12.3. The van der Waals surface area contributed by atoms with Gasteiger partial charge in [-0.25, -0.2) is 0 Å². The van der Waals surface area contributed by atoms with Crippen LogP contribution in [0.3, 0.4) is 0 Å². The molecule has 2 N–H and O–H groups in total. The Morgan fingerprint density at radius 1 is 1.04 bits per heavy atom. The van der Waals surface area contributed by atoms with E-state index in [0.717, 1.165) is 12.0 Å². The van der Waals surface area contributed by atoms with Crippen LogP contribution in [0, 0.1) is 0 Å². The van der Waals surface area contributed by atoms with Crippen molar-refractivity contribution < 1.29 is 19.1 Å². The first kappa shape index (κ1) is 19.1. The van der Waals surface area contributed by atoms with Gasteiger partial charge in [-0.1, -0.05) is 18.2 Å². The van der Waals surface area contributed by atoms with E-state index < -0.39 is 0 Å². The first-order chi connectivity index (χ1) is 13.1. The van der Waals surface area contributed by atoms with Crippen molar-refractivity contribution in [2.75, 3.05) is 19.7 Å². The first-order valence-electron chi connectivity index (χ1n) is 9.01. The lowest BCUT2D eigenvalue weighted by Crippen LogP contribution is -2.30. The molecule has 7 heteroatoms. The average Bonchev–Trinajstić information content (AvgIpc) is 3.36. The number of benzene rings is 1. The smallest absolute Gasteiger partial charge is 0.255 e. The van der Waals surface area contributed by atoms with E-state index in [-0.39, 0.29) is 30.4 Å². The number of ketones is 1. The average molecular weight is 386 g/mol. The normalized spacial score (nSPS) is 12.1. The second-order valence-electron chi connectivity index (χ2n) is 6.25. The summed E-state index contributed by atoms with van der Waals surface area (Å²) < 4.78 is 5.54. The Labute approximate surface area is 161 Å². The zero-order valence-electron chi connectivity index (χ0n) is 15.0. The predicted octanol–water partition coefficient (Wildman–Crippen LogP) is 2.58. The van der Waals surface area contributed by atoms with Gasteiger partial charge in [0.15, 0.2) is 5.78 Å². The molecule has 1 aliphatic heterocycles. The molecule has 2 heterocycles. The largest absolute Gasteiger partial charge is 0.492 e. The molecule has 0 radical (unpaired) electrons. The van der Waals surface area contributed by atoms with Gasteiger partial charge in [-0.2, -0.15) is 0 Å². The van der Waals surface area contributed by atoms with Gasteiger partial charge in [0.1, 0.15) is 5.75 Å². The first-order valence-corrected chi connectivity index (χ1v) is 9.89. The highest BCUT2D eigenvalue weighted by Gasteiger charge is 2.20. The third kappa shape index (κ3) is 5.17. The van der Waals surface area contributed by atoms with Gasteiger partial charge in [0, 0.05) is 32.4 Å². The quantitative estimate of drug-likeness (QED) is 0.512. The predicted molar refractivity (Wildman–Crippen MR) is 103 cm³/mol. The van der Waals surface area contributed by atoms with Gasteiger partial charge in [0.2, 0.25) is 5.91 Å². The second kappa shape index (κ2) is 9.32. The fourth-order valence-electron chi connectivity index (χ4n) is 2.88. The number of Topliss-reactive ketones (excluding diaryl/α,β-unsaturated/α-hetero) is 1. The summed E-state index contributed by atoms with van der Waals surface area (Å²) in [6.45, 7) is 1.52. The minimum Gasteiger partial charge on any atom is -0.492 e. The van der Waals surface area contributed by atoms with Gasteiger partial charge < -0.3 is 15.4 Å². The highest BCUT2D eigenvalue weighted by Crippen LogP contribution is 2.29. The number of ether oxygens (including phenoxy) is 1. The van der Waals surface area contributed by atoms with Crippen molar-refractivity contribution in [1.29, 1.82) is 0 Å². The lowest BCUT2D eigenvalue weighted by Gasteiger charge is -2.09. The molecule has 1 aromatic heterocycles. The van der Waals surface area contributed by atoms with Crippen molar-refractivity contribution in [2.45, 2.75) is 25.7 Å². The van der Waals surface area contributed by atoms with Crippen molar-refractivity contribution in [3.8, 4) is 5.75 Å². The molecule has 0 fully saturated rings. The minimum absolute atomic E-state index is 0.00924. The summed E-state index contributed by atoms with van der Waals surface area (Å²) in [4.78, 5) is 36.6. The van der Waals surface area contributed by atoms with Crippen LogP contribution in [-0.2, 0) is 11.2 Å². The Morgan fingerprint density at radius 2 is 1.89 bits per heavy atom. The van der Waals surface area contributed by atoms with Crippen LogP contribution in [-0.4, -0.2) is 37.3 Å². The molecule has 0 spiro atoms. The number of carbonyl (C=O) groups excluding carboxylic acids is 3. The van der Waals surface area contributed by atoms with Crippen LogP contribution in [0.1, 0.15) is 44.9 Å². The van der Waals surface area contributed by atoms with E-state index in [0.29, 0.717) is 42.3 Å². The lowest BCUT2D eigenvalue weighted by atomic mass is 10.1. The van der Waals surface area contributed by atoms with Crippen molar-refractivity contribution in [3.63, 3.8) is 0 Å². The molecule has 0 aliphatic carbocycles. The Morgan fingerprint density at radius 3 is 2.70 bits per heavy atom. The molecule has 6 nitrogen and oxygen atoms in total. The number of fused-ring (bicyclic) bond motifs is 1. The number of hydrogen-bond acceptors (Lipinski definition) is 5. The van der Waals surface area contributed by atoms with Crippen LogP contribution in [0.2, 0.25) is 0 Å². The number of nitrogens with one attached hydrogen (secondary N) is 2. The Kier molecular flexibility index (Phi) is 6.59. The van der Waals surface area contributed by atoms with Crippen LogP contribution in [0.15, 0.2) is 35.7 Å². The Hall–Kier alpha value is -2.67. The molecule has 27 heavy (non-hydrogen) atoms. The Balaban J connectivity index is 1.31. The summed E-state index contributed by atoms with van der Waals surface area (Å²) in [6, 6.07) is 9.17. The highest BCUT2D eigenvalue weighted by molar-refractivity contribution is 7.12. The van der Waals surface area contributed by atoms with Crippen molar-refractivity contribution in [1.82, 2.24) is 10.6 Å². The molecule has 2 amide bonds. The van der Waals surface area contributed by atoms with Crippen LogP contribution in [0.4, 0.5) is 0 Å². The summed E-state index contributed by atoms with van der Waals surface area (Å²) >= 11 is 1.38. The number of para-hydroxylation sites is 1. The highest BCUT2D eigenvalue weighted by atomic mass is 32.1. The van der Waals surface area contributed by atoms with E-state index >= 15 is 0 Å². The molecular formula is C20H22N2O4S. The molecule has 0 bridgehead atoms. The van der Waals surface area contributed by atoms with Crippen LogP contribution < -0.4 is 15.4 Å². The van der Waals surface area contributed by atoms with E-state index in [9.17, 15) is 14.4 Å². The SMILES string of the molecule is O=C(CCC(=O)c1cccs1)NCCCNC(=O)c1cccc2c1OCC2. The number of thiophene rings is 1. The van der Waals surface area contributed by atoms with Crippen LogP contribution in [0.5, 0.6) is 5.75 Å². The van der Waals surface area contributed by atoms with Gasteiger partial charge in [-0.05, 0) is 29.5 Å². The molecule has 1 aliphatic rings. The summed E-state index contributed by atoms with van der Waals surface area (Å²) in [5, 5.41) is 7.47. The van der Waals surface area contributed by atoms with Gasteiger partial charge in [0.25, 0.3) is 5.91 Å². The molecule has 1 aromatic carbocycles.